The van der Waals surface area contributed by atoms with Crippen molar-refractivity contribution >= 4 is 41.4 Å². The lowest BCUT2D eigenvalue weighted by Crippen LogP contribution is -2.60. The highest BCUT2D eigenvalue weighted by Gasteiger charge is 2.44. The number of benzene rings is 1. The number of nitrogens with one attached hydrogen (secondary N) is 3. The highest BCUT2D eigenvalue weighted by molar-refractivity contribution is 5.98. The Morgan fingerprint density at radius 2 is 1.57 bits per heavy atom. The van der Waals surface area contributed by atoms with E-state index in [0.29, 0.717) is 30.7 Å². The fourth-order valence-electron chi connectivity index (χ4n) is 8.43. The summed E-state index contributed by atoms with van der Waals surface area (Å²) in [6.45, 7) is 4.77. The van der Waals surface area contributed by atoms with Gasteiger partial charge in [-0.05, 0) is 93.9 Å². The highest BCUT2D eigenvalue weighted by Crippen LogP contribution is 2.46. The van der Waals surface area contributed by atoms with Gasteiger partial charge in [0.1, 0.15) is 54.5 Å². The number of rotatable bonds is 7. The average molecular weight is 781 g/mol. The Labute approximate surface area is 324 Å². The normalized spacial score (nSPS) is 30.6. The topological polar surface area (TPSA) is 175 Å². The number of allylic oxidation sites excluding steroid dienone is 3. The van der Waals surface area contributed by atoms with Crippen molar-refractivity contribution in [3.63, 3.8) is 0 Å². The number of fused-ring (bicyclic) bond motifs is 4. The summed E-state index contributed by atoms with van der Waals surface area (Å²) in [4.78, 5) is 99.5. The van der Waals surface area contributed by atoms with Gasteiger partial charge in [0.05, 0.1) is 0 Å². The molecule has 2 bridgehead atoms. The minimum Gasteiger partial charge on any atom is -0.461 e. The smallest absolute Gasteiger partial charge is 0.328 e. The van der Waals surface area contributed by atoms with Crippen LogP contribution < -0.4 is 16.0 Å². The van der Waals surface area contributed by atoms with E-state index in [9.17, 15) is 42.3 Å². The predicted octanol–water partition coefficient (Wildman–Crippen LogP) is 1.53. The standard InChI is InChI=1S/C40H50F2N6O8/c1-21-26(13-24-14-27(21)15-24)9-10-34(49)44-30(18-25-16-28(41)19-29(42)17-25)36(51)45-31-20-56-40(55)33-8-6-12-48(33)37(52)22(2)43-35(50)23(3)46(4)39(54)32-7-5-11-47(32)38(31)53/h9-10,14,16-17,19,21-23,26-27,30-33H,5-8,11-13,15,18,20H2,1-4H3,(H,43,50)(H,44,49)(H,45,51)/b10-9+/t21-,22+,23+,26+,27?,30+,31+,32+,33+/m1/s1. The number of halogens is 2. The second kappa shape index (κ2) is 16.9. The van der Waals surface area contributed by atoms with Crippen LogP contribution in [-0.2, 0) is 44.7 Å². The number of cyclic esters (lactones) is 1. The van der Waals surface area contributed by atoms with E-state index in [0.717, 1.165) is 25.0 Å². The minimum atomic E-state index is -1.56. The van der Waals surface area contributed by atoms with Gasteiger partial charge in [-0.15, -0.1) is 0 Å². The average Bonchev–Trinajstić information content (AvgIpc) is 3.84. The van der Waals surface area contributed by atoms with Crippen LogP contribution in [-0.4, -0.2) is 119 Å². The third-order valence-electron chi connectivity index (χ3n) is 12.0. The molecule has 0 spiro atoms. The first-order valence-corrected chi connectivity index (χ1v) is 19.4. The molecule has 1 aromatic rings. The van der Waals surface area contributed by atoms with Gasteiger partial charge in [0.25, 0.3) is 0 Å². The third kappa shape index (κ3) is 8.78. The molecule has 0 aromatic heterocycles. The minimum absolute atomic E-state index is 0.0576. The van der Waals surface area contributed by atoms with Crippen molar-refractivity contribution in [2.75, 3.05) is 26.7 Å². The zero-order chi connectivity index (χ0) is 40.4. The van der Waals surface area contributed by atoms with Crippen LogP contribution in [0.3, 0.4) is 0 Å². The summed E-state index contributed by atoms with van der Waals surface area (Å²) in [6, 6.07) is -4.34. The molecule has 3 N–H and O–H groups in total. The highest BCUT2D eigenvalue weighted by atomic mass is 19.1. The van der Waals surface area contributed by atoms with Gasteiger partial charge in [0, 0.05) is 32.6 Å². The molecule has 7 rings (SSSR count). The number of amides is 6. The molecule has 16 heteroatoms. The Balaban J connectivity index is 1.27. The van der Waals surface area contributed by atoms with E-state index in [1.807, 2.05) is 0 Å². The summed E-state index contributed by atoms with van der Waals surface area (Å²) in [5.74, 6) is -5.68. The second-order valence-corrected chi connectivity index (χ2v) is 15.7. The summed E-state index contributed by atoms with van der Waals surface area (Å²) in [5, 5.41) is 7.85. The van der Waals surface area contributed by atoms with E-state index >= 15 is 0 Å². The Kier molecular flexibility index (Phi) is 12.2. The van der Waals surface area contributed by atoms with Gasteiger partial charge in [0.15, 0.2) is 0 Å². The van der Waals surface area contributed by atoms with Crippen molar-refractivity contribution in [1.29, 1.82) is 0 Å². The van der Waals surface area contributed by atoms with E-state index in [2.05, 4.69) is 29.0 Å². The van der Waals surface area contributed by atoms with Gasteiger partial charge in [-0.1, -0.05) is 24.6 Å². The number of nitrogens with zero attached hydrogens (tertiary/aromatic N) is 3. The number of hydrogen-bond donors (Lipinski definition) is 3. The molecule has 3 aliphatic heterocycles. The fourth-order valence-corrected chi connectivity index (χ4v) is 8.43. The molecule has 9 atom stereocenters. The maximum atomic E-state index is 14.3. The van der Waals surface area contributed by atoms with Gasteiger partial charge in [-0.25, -0.2) is 13.6 Å². The first-order valence-electron chi connectivity index (χ1n) is 19.4. The summed E-state index contributed by atoms with van der Waals surface area (Å²) >= 11 is 0. The Morgan fingerprint density at radius 1 is 0.929 bits per heavy atom. The number of carbonyl (C=O) groups excluding carboxylic acids is 7. The largest absolute Gasteiger partial charge is 0.461 e. The van der Waals surface area contributed by atoms with Gasteiger partial charge < -0.3 is 35.4 Å². The Morgan fingerprint density at radius 3 is 2.23 bits per heavy atom. The van der Waals surface area contributed by atoms with Crippen molar-refractivity contribution in [3.05, 3.63) is 59.2 Å². The van der Waals surface area contributed by atoms with Crippen LogP contribution in [0.4, 0.5) is 8.78 Å². The zero-order valence-electron chi connectivity index (χ0n) is 32.1. The van der Waals surface area contributed by atoms with Gasteiger partial charge in [-0.2, -0.15) is 0 Å². The molecule has 0 radical (unpaired) electrons. The Hall–Kier alpha value is -5.15. The molecule has 1 saturated carbocycles. The molecule has 3 heterocycles. The number of likely N-dealkylation sites (N-methyl/N-ethyl adjacent to an activating group) is 1. The third-order valence-corrected chi connectivity index (χ3v) is 12.0. The molecular weight excluding hydrogens is 730 g/mol. The first-order chi connectivity index (χ1) is 26.6. The van der Waals surface area contributed by atoms with E-state index in [4.69, 9.17) is 4.74 Å². The van der Waals surface area contributed by atoms with Crippen LogP contribution >= 0.6 is 0 Å². The van der Waals surface area contributed by atoms with E-state index in [-0.39, 0.29) is 43.8 Å². The maximum absolute atomic E-state index is 14.3. The summed E-state index contributed by atoms with van der Waals surface area (Å²) in [6.07, 6.45) is 8.32. The molecule has 1 aromatic carbocycles. The molecular formula is C40H50F2N6O8. The molecule has 3 aliphatic carbocycles. The number of ether oxygens (including phenoxy) is 1. The molecule has 1 unspecified atom stereocenters. The monoisotopic (exact) mass is 780 g/mol. The van der Waals surface area contributed by atoms with Crippen LogP contribution in [0.5, 0.6) is 0 Å². The molecule has 56 heavy (non-hydrogen) atoms. The summed E-state index contributed by atoms with van der Waals surface area (Å²) in [7, 11) is 1.42. The summed E-state index contributed by atoms with van der Waals surface area (Å²) in [5.41, 5.74) is 1.39. The van der Waals surface area contributed by atoms with Crippen LogP contribution in [0.25, 0.3) is 0 Å². The maximum Gasteiger partial charge on any atom is 0.328 e. The van der Waals surface area contributed by atoms with Crippen LogP contribution in [0.1, 0.15) is 64.9 Å². The van der Waals surface area contributed by atoms with Gasteiger partial charge in [0.2, 0.25) is 35.4 Å². The van der Waals surface area contributed by atoms with Crippen LogP contribution in [0.2, 0.25) is 0 Å². The van der Waals surface area contributed by atoms with Crippen molar-refractivity contribution < 1.29 is 47.1 Å². The number of hydrogen-bond acceptors (Lipinski definition) is 8. The lowest BCUT2D eigenvalue weighted by atomic mass is 9.63. The van der Waals surface area contributed by atoms with Crippen molar-refractivity contribution in [2.45, 2.75) is 102 Å². The van der Waals surface area contributed by atoms with Crippen molar-refractivity contribution in [3.8, 4) is 0 Å². The van der Waals surface area contributed by atoms with Gasteiger partial charge >= 0.3 is 5.97 Å². The zero-order valence-corrected chi connectivity index (χ0v) is 32.1. The lowest BCUT2D eigenvalue weighted by molar-refractivity contribution is -0.158. The SMILES string of the molecule is C[C@@H]1NC(=O)[C@H](C)N(C)C(=O)[C@@H]2CCCN2C(=O)[C@@H](NC(=O)[C@H](Cc2cc(F)cc(F)c2)NC(=O)/C=C/[C@H]2CC3=CC(C3)[C@@H]2C)COC(=O)[C@@H]2CCCN2C1=O. The van der Waals surface area contributed by atoms with E-state index < -0.39 is 95.9 Å². The van der Waals surface area contributed by atoms with Crippen LogP contribution in [0.15, 0.2) is 42.0 Å². The van der Waals surface area contributed by atoms with E-state index in [1.165, 1.54) is 47.2 Å². The van der Waals surface area contributed by atoms with Gasteiger partial charge in [-0.3, -0.25) is 28.8 Å². The fraction of sp³-hybridized carbons (Fsp3) is 0.575. The lowest BCUT2D eigenvalue weighted by Gasteiger charge is -2.42. The molecule has 4 fully saturated rings. The molecule has 302 valence electrons. The second-order valence-electron chi connectivity index (χ2n) is 15.7. The Bertz CT molecular complexity index is 1820. The number of esters is 1. The van der Waals surface area contributed by atoms with Crippen LogP contribution in [0, 0.1) is 29.4 Å². The molecule has 6 amide bonds. The first kappa shape index (κ1) is 40.5. The number of carbonyl (C=O) groups is 7. The predicted molar refractivity (Wildman–Crippen MR) is 197 cm³/mol. The van der Waals surface area contributed by atoms with Crippen molar-refractivity contribution in [2.24, 2.45) is 17.8 Å². The molecule has 6 aliphatic rings. The molecule has 14 nitrogen and oxygen atoms in total. The van der Waals surface area contributed by atoms with Crippen molar-refractivity contribution in [1.82, 2.24) is 30.7 Å². The van der Waals surface area contributed by atoms with E-state index in [1.54, 1.807) is 6.08 Å². The quantitative estimate of drug-likeness (QED) is 0.212. The molecule has 3 saturated heterocycles. The summed E-state index contributed by atoms with van der Waals surface area (Å²) < 4.78 is 34.2.